The van der Waals surface area contributed by atoms with Crippen LogP contribution in [0, 0.1) is 17.7 Å². The molecule has 0 bridgehead atoms. The second-order valence-electron chi connectivity index (χ2n) is 3.78. The van der Waals surface area contributed by atoms with Gasteiger partial charge in [0.15, 0.2) is 5.82 Å². The minimum absolute atomic E-state index is 0.194. The van der Waals surface area contributed by atoms with Crippen molar-refractivity contribution in [1.82, 2.24) is 4.98 Å². The van der Waals surface area contributed by atoms with E-state index in [2.05, 4.69) is 4.98 Å². The molecule has 0 saturated carbocycles. The van der Waals surface area contributed by atoms with E-state index in [1.54, 1.807) is 0 Å². The van der Waals surface area contributed by atoms with Crippen LogP contribution in [0.2, 0.25) is 0 Å². The maximum Gasteiger partial charge on any atom is 0.341 e. The van der Waals surface area contributed by atoms with Gasteiger partial charge in [0.1, 0.15) is 5.56 Å². The van der Waals surface area contributed by atoms with E-state index in [1.165, 1.54) is 0 Å². The van der Waals surface area contributed by atoms with Gasteiger partial charge in [0, 0.05) is 6.20 Å². The SMILES string of the molecule is CC(C)CCOC(=O)c1ccnc(F)c1F. The summed E-state index contributed by atoms with van der Waals surface area (Å²) in [5, 5.41) is 0. The fourth-order valence-electron chi connectivity index (χ4n) is 1.04. The molecule has 16 heavy (non-hydrogen) atoms. The summed E-state index contributed by atoms with van der Waals surface area (Å²) in [5.74, 6) is -3.04. The number of pyridine rings is 1. The monoisotopic (exact) mass is 229 g/mol. The van der Waals surface area contributed by atoms with Gasteiger partial charge in [0.2, 0.25) is 5.95 Å². The van der Waals surface area contributed by atoms with E-state index < -0.39 is 23.3 Å². The van der Waals surface area contributed by atoms with E-state index in [4.69, 9.17) is 4.74 Å². The molecule has 0 saturated heterocycles. The third-order valence-electron chi connectivity index (χ3n) is 1.99. The lowest BCUT2D eigenvalue weighted by atomic mass is 10.1. The molecule has 1 rings (SSSR count). The molecule has 5 heteroatoms. The van der Waals surface area contributed by atoms with Crippen molar-refractivity contribution in [2.24, 2.45) is 5.92 Å². The molecule has 0 fully saturated rings. The zero-order chi connectivity index (χ0) is 12.1. The lowest BCUT2D eigenvalue weighted by molar-refractivity contribution is 0.0481. The molecule has 1 aromatic heterocycles. The van der Waals surface area contributed by atoms with Crippen LogP contribution in [0.25, 0.3) is 0 Å². The summed E-state index contributed by atoms with van der Waals surface area (Å²) in [7, 11) is 0. The van der Waals surface area contributed by atoms with Gasteiger partial charge < -0.3 is 4.74 Å². The number of carbonyl (C=O) groups excluding carboxylic acids is 1. The fourth-order valence-corrected chi connectivity index (χ4v) is 1.04. The van der Waals surface area contributed by atoms with Crippen LogP contribution < -0.4 is 0 Å². The number of rotatable bonds is 4. The molecule has 1 heterocycles. The van der Waals surface area contributed by atoms with Crippen LogP contribution in [0.3, 0.4) is 0 Å². The summed E-state index contributed by atoms with van der Waals surface area (Å²) < 4.78 is 30.6. The van der Waals surface area contributed by atoms with Crippen molar-refractivity contribution in [2.45, 2.75) is 20.3 Å². The fraction of sp³-hybridized carbons (Fsp3) is 0.455. The van der Waals surface area contributed by atoms with E-state index in [-0.39, 0.29) is 6.61 Å². The summed E-state index contributed by atoms with van der Waals surface area (Å²) in [6.45, 7) is 4.14. The van der Waals surface area contributed by atoms with Gasteiger partial charge in [-0.2, -0.15) is 4.39 Å². The van der Waals surface area contributed by atoms with Gasteiger partial charge in [-0.1, -0.05) is 13.8 Å². The topological polar surface area (TPSA) is 39.2 Å². The number of hydrogen-bond acceptors (Lipinski definition) is 3. The van der Waals surface area contributed by atoms with Crippen molar-refractivity contribution in [3.63, 3.8) is 0 Å². The van der Waals surface area contributed by atoms with E-state index >= 15 is 0 Å². The molecule has 0 aliphatic rings. The predicted octanol–water partition coefficient (Wildman–Crippen LogP) is 2.56. The highest BCUT2D eigenvalue weighted by Gasteiger charge is 2.17. The zero-order valence-corrected chi connectivity index (χ0v) is 9.17. The Labute approximate surface area is 92.4 Å². The van der Waals surface area contributed by atoms with Crippen molar-refractivity contribution < 1.29 is 18.3 Å². The summed E-state index contributed by atoms with van der Waals surface area (Å²) in [4.78, 5) is 14.4. The van der Waals surface area contributed by atoms with Gasteiger partial charge in [0.25, 0.3) is 0 Å². The molecule has 1 aromatic rings. The number of esters is 1. The summed E-state index contributed by atoms with van der Waals surface area (Å²) >= 11 is 0. The Hall–Kier alpha value is -1.52. The number of hydrogen-bond donors (Lipinski definition) is 0. The quantitative estimate of drug-likeness (QED) is 0.588. The van der Waals surface area contributed by atoms with E-state index in [1.807, 2.05) is 13.8 Å². The maximum absolute atomic E-state index is 13.1. The molecule has 0 amide bonds. The zero-order valence-electron chi connectivity index (χ0n) is 9.17. The molecule has 0 aliphatic carbocycles. The van der Waals surface area contributed by atoms with Gasteiger partial charge in [0.05, 0.1) is 6.61 Å². The lowest BCUT2D eigenvalue weighted by Gasteiger charge is -2.07. The highest BCUT2D eigenvalue weighted by molar-refractivity contribution is 5.89. The average Bonchev–Trinajstić information content (AvgIpc) is 2.21. The van der Waals surface area contributed by atoms with Crippen molar-refractivity contribution in [1.29, 1.82) is 0 Å². The molecule has 88 valence electrons. The van der Waals surface area contributed by atoms with Crippen molar-refractivity contribution in [2.75, 3.05) is 6.61 Å². The van der Waals surface area contributed by atoms with Gasteiger partial charge >= 0.3 is 5.97 Å². The third kappa shape index (κ3) is 3.25. The largest absolute Gasteiger partial charge is 0.462 e. The van der Waals surface area contributed by atoms with Crippen LogP contribution in [0.5, 0.6) is 0 Å². The molecular formula is C11H13F2NO2. The van der Waals surface area contributed by atoms with Gasteiger partial charge in [-0.3, -0.25) is 0 Å². The summed E-state index contributed by atoms with van der Waals surface area (Å²) in [5.41, 5.74) is -0.420. The number of ether oxygens (including phenoxy) is 1. The Bertz CT molecular complexity index is 380. The van der Waals surface area contributed by atoms with E-state index in [0.29, 0.717) is 12.3 Å². The van der Waals surface area contributed by atoms with Crippen LogP contribution in [0.15, 0.2) is 12.3 Å². The van der Waals surface area contributed by atoms with Gasteiger partial charge in [-0.15, -0.1) is 0 Å². The molecule has 0 aromatic carbocycles. The van der Waals surface area contributed by atoms with E-state index in [0.717, 1.165) is 12.3 Å². The molecule has 0 atom stereocenters. The Morgan fingerprint density at radius 2 is 2.19 bits per heavy atom. The van der Waals surface area contributed by atoms with Crippen molar-refractivity contribution >= 4 is 5.97 Å². The molecule has 0 spiro atoms. The molecule has 0 radical (unpaired) electrons. The van der Waals surface area contributed by atoms with Gasteiger partial charge in [-0.25, -0.2) is 14.2 Å². The highest BCUT2D eigenvalue weighted by atomic mass is 19.2. The highest BCUT2D eigenvalue weighted by Crippen LogP contribution is 2.11. The second-order valence-corrected chi connectivity index (χ2v) is 3.78. The van der Waals surface area contributed by atoms with Crippen LogP contribution >= 0.6 is 0 Å². The Balaban J connectivity index is 2.63. The maximum atomic E-state index is 13.1. The first kappa shape index (κ1) is 12.5. The first-order chi connectivity index (χ1) is 7.52. The minimum atomic E-state index is -1.29. The van der Waals surface area contributed by atoms with E-state index in [9.17, 15) is 13.6 Å². The molecule has 0 N–H and O–H groups in total. The predicted molar refractivity (Wildman–Crippen MR) is 53.9 cm³/mol. The molecule has 0 unspecified atom stereocenters. The van der Waals surface area contributed by atoms with Gasteiger partial charge in [-0.05, 0) is 18.4 Å². The smallest absolute Gasteiger partial charge is 0.341 e. The normalized spacial score (nSPS) is 10.6. The average molecular weight is 229 g/mol. The number of aromatic nitrogens is 1. The summed E-state index contributed by atoms with van der Waals surface area (Å²) in [6, 6.07) is 1.09. The third-order valence-corrected chi connectivity index (χ3v) is 1.99. The van der Waals surface area contributed by atoms with Crippen LogP contribution in [-0.2, 0) is 4.74 Å². The number of halogens is 2. The number of carbonyl (C=O) groups is 1. The molecule has 0 aliphatic heterocycles. The standard InChI is InChI=1S/C11H13F2NO2/c1-7(2)4-6-16-11(15)8-3-5-14-10(13)9(8)12/h3,5,7H,4,6H2,1-2H3. The van der Waals surface area contributed by atoms with Crippen LogP contribution in [-0.4, -0.2) is 17.6 Å². The first-order valence-corrected chi connectivity index (χ1v) is 4.99. The Kier molecular flexibility index (Phi) is 4.34. The summed E-state index contributed by atoms with van der Waals surface area (Å²) in [6.07, 6.45) is 1.71. The van der Waals surface area contributed by atoms with Crippen molar-refractivity contribution in [3.05, 3.63) is 29.6 Å². The number of nitrogens with zero attached hydrogens (tertiary/aromatic N) is 1. The Morgan fingerprint density at radius 3 is 2.81 bits per heavy atom. The minimum Gasteiger partial charge on any atom is -0.462 e. The van der Waals surface area contributed by atoms with Crippen LogP contribution in [0.4, 0.5) is 8.78 Å². The van der Waals surface area contributed by atoms with Crippen molar-refractivity contribution in [3.8, 4) is 0 Å². The first-order valence-electron chi connectivity index (χ1n) is 4.99. The second kappa shape index (κ2) is 5.53. The molecule has 3 nitrogen and oxygen atoms in total. The molecular weight excluding hydrogens is 216 g/mol. The Morgan fingerprint density at radius 1 is 1.50 bits per heavy atom. The lowest BCUT2D eigenvalue weighted by Crippen LogP contribution is -2.11. The van der Waals surface area contributed by atoms with Crippen LogP contribution in [0.1, 0.15) is 30.6 Å².